The van der Waals surface area contributed by atoms with Crippen LogP contribution in [0.5, 0.6) is 0 Å². The smallest absolute Gasteiger partial charge is 0.170 e. The molecule has 3 nitrogen and oxygen atoms in total. The number of rotatable bonds is 3. The average Bonchev–Trinajstić information content (AvgIpc) is 2.86. The second-order valence-corrected chi connectivity index (χ2v) is 5.85. The molecule has 7 heteroatoms. The molecule has 1 saturated heterocycles. The Morgan fingerprint density at radius 1 is 1.26 bits per heavy atom. The molecule has 1 unspecified atom stereocenters. The highest BCUT2D eigenvalue weighted by molar-refractivity contribution is 7.80. The second-order valence-electron chi connectivity index (χ2n) is 4.22. The molecule has 1 atom stereocenters. The minimum absolute atomic E-state index is 0.226. The van der Waals surface area contributed by atoms with Gasteiger partial charge in [-0.2, -0.15) is 0 Å². The molecule has 1 aromatic carbocycles. The van der Waals surface area contributed by atoms with Gasteiger partial charge in [0.1, 0.15) is 0 Å². The number of thiocarbonyl (C=S) groups is 1. The van der Waals surface area contributed by atoms with Gasteiger partial charge in [-0.3, -0.25) is 0 Å². The number of halogens is 3. The quantitative estimate of drug-likeness (QED) is 0.641. The Morgan fingerprint density at radius 3 is 2.68 bits per heavy atom. The lowest BCUT2D eigenvalue weighted by Crippen LogP contribution is -2.34. The Balaban J connectivity index is 1.89. The number of hydrogen-bond acceptors (Lipinski definition) is 2. The first-order valence-electron chi connectivity index (χ1n) is 5.87. The first kappa shape index (κ1) is 15.1. The SMILES string of the molecule is S=C(NCC1CCCO1)Nc1cc(Cl)c(Cl)cc1Cl. The van der Waals surface area contributed by atoms with Gasteiger partial charge in [0.15, 0.2) is 5.11 Å². The Morgan fingerprint density at radius 2 is 2.00 bits per heavy atom. The molecule has 0 aliphatic carbocycles. The van der Waals surface area contributed by atoms with Crippen molar-refractivity contribution in [2.24, 2.45) is 0 Å². The van der Waals surface area contributed by atoms with Crippen LogP contribution in [-0.2, 0) is 4.74 Å². The molecule has 1 heterocycles. The molecule has 19 heavy (non-hydrogen) atoms. The molecule has 0 saturated carbocycles. The normalized spacial score (nSPS) is 18.4. The highest BCUT2D eigenvalue weighted by Gasteiger charge is 2.15. The lowest BCUT2D eigenvalue weighted by Gasteiger charge is -2.15. The van der Waals surface area contributed by atoms with Gasteiger partial charge in [0.25, 0.3) is 0 Å². The molecule has 0 aromatic heterocycles. The molecule has 1 fully saturated rings. The van der Waals surface area contributed by atoms with Crippen molar-refractivity contribution in [2.45, 2.75) is 18.9 Å². The largest absolute Gasteiger partial charge is 0.376 e. The van der Waals surface area contributed by atoms with Crippen LogP contribution in [-0.4, -0.2) is 24.4 Å². The molecule has 1 aliphatic heterocycles. The van der Waals surface area contributed by atoms with Crippen molar-refractivity contribution in [1.29, 1.82) is 0 Å². The zero-order valence-electron chi connectivity index (χ0n) is 10.0. The van der Waals surface area contributed by atoms with E-state index >= 15 is 0 Å². The van der Waals surface area contributed by atoms with Gasteiger partial charge in [-0.1, -0.05) is 34.8 Å². The first-order valence-corrected chi connectivity index (χ1v) is 7.41. The molecule has 0 bridgehead atoms. The topological polar surface area (TPSA) is 33.3 Å². The molecular formula is C12H13Cl3N2OS. The Kier molecular flexibility index (Phi) is 5.54. The fourth-order valence-electron chi connectivity index (χ4n) is 1.80. The van der Waals surface area contributed by atoms with Gasteiger partial charge in [0, 0.05) is 13.2 Å². The maximum atomic E-state index is 6.06. The predicted molar refractivity (Wildman–Crippen MR) is 84.7 cm³/mol. The molecule has 2 N–H and O–H groups in total. The van der Waals surface area contributed by atoms with Crippen LogP contribution in [0.4, 0.5) is 5.69 Å². The van der Waals surface area contributed by atoms with E-state index in [2.05, 4.69) is 10.6 Å². The van der Waals surface area contributed by atoms with Crippen LogP contribution in [0.1, 0.15) is 12.8 Å². The molecule has 1 aliphatic rings. The molecule has 0 spiro atoms. The van der Waals surface area contributed by atoms with E-state index in [9.17, 15) is 0 Å². The minimum atomic E-state index is 0.226. The fraction of sp³-hybridized carbons (Fsp3) is 0.417. The summed E-state index contributed by atoms with van der Waals surface area (Å²) >= 11 is 23.0. The third kappa shape index (κ3) is 4.36. The van der Waals surface area contributed by atoms with Gasteiger partial charge in [-0.05, 0) is 37.2 Å². The summed E-state index contributed by atoms with van der Waals surface area (Å²) in [6.07, 6.45) is 2.39. The van der Waals surface area contributed by atoms with Crippen LogP contribution >= 0.6 is 47.0 Å². The Labute approximate surface area is 132 Å². The van der Waals surface area contributed by atoms with Crippen molar-refractivity contribution >= 4 is 57.8 Å². The van der Waals surface area contributed by atoms with Gasteiger partial charge in [0.05, 0.1) is 26.9 Å². The second kappa shape index (κ2) is 6.95. The first-order chi connectivity index (χ1) is 9.06. The lowest BCUT2D eigenvalue weighted by molar-refractivity contribution is 0.114. The summed E-state index contributed by atoms with van der Waals surface area (Å²) < 4.78 is 5.50. The summed E-state index contributed by atoms with van der Waals surface area (Å²) in [5, 5.41) is 7.88. The molecule has 2 rings (SSSR count). The lowest BCUT2D eigenvalue weighted by atomic mass is 10.2. The molecular weight excluding hydrogens is 327 g/mol. The average molecular weight is 340 g/mol. The monoisotopic (exact) mass is 338 g/mol. The molecule has 1 aromatic rings. The standard InChI is InChI=1S/C12H13Cl3N2OS/c13-8-4-10(15)11(5-9(8)14)17-12(19)16-6-7-2-1-3-18-7/h4-5,7H,1-3,6H2,(H2,16,17,19). The van der Waals surface area contributed by atoms with Crippen LogP contribution in [0.15, 0.2) is 12.1 Å². The minimum Gasteiger partial charge on any atom is -0.376 e. The van der Waals surface area contributed by atoms with Gasteiger partial charge < -0.3 is 15.4 Å². The summed E-state index contributed by atoms with van der Waals surface area (Å²) in [6, 6.07) is 3.22. The van der Waals surface area contributed by atoms with Gasteiger partial charge >= 0.3 is 0 Å². The zero-order valence-corrected chi connectivity index (χ0v) is 13.1. The van der Waals surface area contributed by atoms with Crippen molar-refractivity contribution in [3.05, 3.63) is 27.2 Å². The third-order valence-corrected chi connectivity index (χ3v) is 4.05. The van der Waals surface area contributed by atoms with Crippen molar-refractivity contribution < 1.29 is 4.74 Å². The van der Waals surface area contributed by atoms with Crippen LogP contribution in [0.3, 0.4) is 0 Å². The summed E-state index contributed by atoms with van der Waals surface area (Å²) in [5.41, 5.74) is 0.626. The zero-order chi connectivity index (χ0) is 13.8. The highest BCUT2D eigenvalue weighted by atomic mass is 35.5. The van der Waals surface area contributed by atoms with E-state index in [1.807, 2.05) is 0 Å². The number of anilines is 1. The summed E-state index contributed by atoms with van der Waals surface area (Å²) in [7, 11) is 0. The van der Waals surface area contributed by atoms with Crippen LogP contribution < -0.4 is 10.6 Å². The van der Waals surface area contributed by atoms with E-state index in [4.69, 9.17) is 51.8 Å². The Hall–Kier alpha value is -0.260. The van der Waals surface area contributed by atoms with Crippen molar-refractivity contribution in [1.82, 2.24) is 5.32 Å². The van der Waals surface area contributed by atoms with E-state index in [1.165, 1.54) is 0 Å². The van der Waals surface area contributed by atoms with Gasteiger partial charge in [-0.25, -0.2) is 0 Å². The third-order valence-electron chi connectivity index (χ3n) is 2.77. The predicted octanol–water partition coefficient (Wildman–Crippen LogP) is 4.11. The van der Waals surface area contributed by atoms with Gasteiger partial charge in [-0.15, -0.1) is 0 Å². The van der Waals surface area contributed by atoms with Crippen LogP contribution in [0.25, 0.3) is 0 Å². The highest BCUT2D eigenvalue weighted by Crippen LogP contribution is 2.32. The maximum absolute atomic E-state index is 6.06. The van der Waals surface area contributed by atoms with Crippen molar-refractivity contribution in [3.8, 4) is 0 Å². The number of nitrogens with one attached hydrogen (secondary N) is 2. The van der Waals surface area contributed by atoms with E-state index < -0.39 is 0 Å². The number of hydrogen-bond donors (Lipinski definition) is 2. The Bertz CT molecular complexity index is 478. The van der Waals surface area contributed by atoms with Crippen molar-refractivity contribution in [3.63, 3.8) is 0 Å². The van der Waals surface area contributed by atoms with Crippen LogP contribution in [0.2, 0.25) is 15.1 Å². The number of benzene rings is 1. The summed E-state index contributed by atoms with van der Waals surface area (Å²) in [6.45, 7) is 1.51. The fourth-order valence-corrected chi connectivity index (χ4v) is 2.58. The van der Waals surface area contributed by atoms with E-state index in [-0.39, 0.29) is 6.10 Å². The van der Waals surface area contributed by atoms with E-state index in [1.54, 1.807) is 12.1 Å². The van der Waals surface area contributed by atoms with E-state index in [0.29, 0.717) is 32.4 Å². The van der Waals surface area contributed by atoms with E-state index in [0.717, 1.165) is 19.4 Å². The molecule has 0 radical (unpaired) electrons. The summed E-state index contributed by atoms with van der Waals surface area (Å²) in [4.78, 5) is 0. The maximum Gasteiger partial charge on any atom is 0.170 e. The molecule has 0 amide bonds. The number of ether oxygens (including phenoxy) is 1. The van der Waals surface area contributed by atoms with Crippen LogP contribution in [0, 0.1) is 0 Å². The van der Waals surface area contributed by atoms with Gasteiger partial charge in [0.2, 0.25) is 0 Å². The molecule has 104 valence electrons. The summed E-state index contributed by atoms with van der Waals surface area (Å²) in [5.74, 6) is 0. The van der Waals surface area contributed by atoms with Crippen molar-refractivity contribution in [2.75, 3.05) is 18.5 Å².